The Labute approximate surface area is 92.5 Å². The van der Waals surface area contributed by atoms with Crippen molar-refractivity contribution in [2.45, 2.75) is 77.9 Å². The molecule has 0 aromatic heterocycles. The zero-order valence-electron chi connectivity index (χ0n) is 10.7. The van der Waals surface area contributed by atoms with Gasteiger partial charge in [0.05, 0.1) is 8.07 Å². The first kappa shape index (κ1) is 14.2. The molecule has 0 nitrogen and oxygen atoms in total. The molecule has 0 saturated carbocycles. The first-order valence-electron chi connectivity index (χ1n) is 6.53. The van der Waals surface area contributed by atoms with Gasteiger partial charge in [-0.15, -0.1) is 0 Å². The Morgan fingerprint density at radius 1 is 0.857 bits per heavy atom. The molecule has 0 aliphatic carbocycles. The molecule has 0 saturated heterocycles. The lowest BCUT2D eigenvalue weighted by molar-refractivity contribution is 0.633. The Balaban J connectivity index is 3.34. The average molecular weight is 213 g/mol. The molecule has 14 heavy (non-hydrogen) atoms. The minimum atomic E-state index is -0.891. The average Bonchev–Trinajstić information content (AvgIpc) is 2.23. The van der Waals surface area contributed by atoms with Crippen LogP contribution in [0.2, 0.25) is 18.6 Å². The molecule has 1 radical (unpaired) electrons. The van der Waals surface area contributed by atoms with Gasteiger partial charge >= 0.3 is 0 Å². The first-order chi connectivity index (χ1) is 6.68. The fraction of sp³-hybridized carbons (Fsp3) is 0.923. The second-order valence-corrected chi connectivity index (χ2v) is 9.90. The van der Waals surface area contributed by atoms with Gasteiger partial charge in [0.25, 0.3) is 0 Å². The van der Waals surface area contributed by atoms with Crippen LogP contribution in [0.3, 0.4) is 0 Å². The molecular weight excluding hydrogens is 184 g/mol. The van der Waals surface area contributed by atoms with Crippen LogP contribution in [0.4, 0.5) is 0 Å². The summed E-state index contributed by atoms with van der Waals surface area (Å²) in [5, 5.41) is 0. The lowest BCUT2D eigenvalue weighted by Gasteiger charge is -2.23. The van der Waals surface area contributed by atoms with Crippen LogP contribution in [-0.2, 0) is 0 Å². The van der Waals surface area contributed by atoms with Gasteiger partial charge in [0.2, 0.25) is 0 Å². The van der Waals surface area contributed by atoms with E-state index in [0.717, 1.165) is 0 Å². The molecule has 0 aliphatic rings. The standard InChI is InChI=1S/C13H29Si/c1-5-8-9-10-11-12-13-14(4,6-2)7-3/h13H,5-12H2,1-4H3. The Morgan fingerprint density at radius 3 is 1.93 bits per heavy atom. The van der Waals surface area contributed by atoms with E-state index in [2.05, 4.69) is 33.4 Å². The zero-order chi connectivity index (χ0) is 10.9. The second kappa shape index (κ2) is 8.52. The van der Waals surface area contributed by atoms with Crippen molar-refractivity contribution < 1.29 is 0 Å². The molecule has 0 aliphatic heterocycles. The highest BCUT2D eigenvalue weighted by Crippen LogP contribution is 2.21. The second-order valence-electron chi connectivity index (χ2n) is 4.77. The Morgan fingerprint density at radius 2 is 1.43 bits per heavy atom. The van der Waals surface area contributed by atoms with Gasteiger partial charge < -0.3 is 0 Å². The van der Waals surface area contributed by atoms with E-state index in [0.29, 0.717) is 0 Å². The van der Waals surface area contributed by atoms with E-state index in [4.69, 9.17) is 0 Å². The van der Waals surface area contributed by atoms with Gasteiger partial charge in [0, 0.05) is 0 Å². The van der Waals surface area contributed by atoms with Crippen molar-refractivity contribution in [3.05, 3.63) is 6.04 Å². The third kappa shape index (κ3) is 6.64. The molecule has 0 fully saturated rings. The summed E-state index contributed by atoms with van der Waals surface area (Å²) in [6.07, 6.45) is 8.50. The van der Waals surface area contributed by atoms with E-state index < -0.39 is 8.07 Å². The summed E-state index contributed by atoms with van der Waals surface area (Å²) in [5.41, 5.74) is 0. The Bertz CT molecular complexity index is 116. The monoisotopic (exact) mass is 213 g/mol. The summed E-state index contributed by atoms with van der Waals surface area (Å²) in [6.45, 7) is 9.54. The van der Waals surface area contributed by atoms with Crippen molar-refractivity contribution in [3.8, 4) is 0 Å². The molecular formula is C13H29Si. The van der Waals surface area contributed by atoms with Gasteiger partial charge in [0.15, 0.2) is 0 Å². The third-order valence-corrected chi connectivity index (χ3v) is 8.07. The highest BCUT2D eigenvalue weighted by molar-refractivity contribution is 6.81. The number of unbranched alkanes of at least 4 members (excludes halogenated alkanes) is 5. The van der Waals surface area contributed by atoms with Crippen molar-refractivity contribution in [2.24, 2.45) is 0 Å². The van der Waals surface area contributed by atoms with E-state index in [9.17, 15) is 0 Å². The summed E-state index contributed by atoms with van der Waals surface area (Å²) in [4.78, 5) is 0. The molecule has 0 bridgehead atoms. The third-order valence-electron chi connectivity index (χ3n) is 3.56. The highest BCUT2D eigenvalue weighted by Gasteiger charge is 2.21. The quantitative estimate of drug-likeness (QED) is 0.364. The van der Waals surface area contributed by atoms with Crippen molar-refractivity contribution in [3.63, 3.8) is 0 Å². The SMILES string of the molecule is CCCCCCC[CH][Si](C)(CC)CC. The number of hydrogen-bond donors (Lipinski definition) is 0. The molecule has 1 heteroatoms. The summed E-state index contributed by atoms with van der Waals surface area (Å²) in [6, 6.07) is 5.55. The van der Waals surface area contributed by atoms with Gasteiger partial charge in [0.1, 0.15) is 0 Å². The molecule has 85 valence electrons. The normalized spacial score (nSPS) is 12.0. The smallest absolute Gasteiger partial charge is 0.0530 e. The maximum absolute atomic E-state index is 2.69. The molecule has 0 unspecified atom stereocenters. The molecule has 0 heterocycles. The molecule has 0 spiro atoms. The summed E-state index contributed by atoms with van der Waals surface area (Å²) >= 11 is 0. The molecule has 0 amide bonds. The van der Waals surface area contributed by atoms with E-state index in [1.54, 1.807) is 0 Å². The van der Waals surface area contributed by atoms with E-state index in [1.807, 2.05) is 0 Å². The lowest BCUT2D eigenvalue weighted by Crippen LogP contribution is -2.28. The van der Waals surface area contributed by atoms with Crippen molar-refractivity contribution in [1.82, 2.24) is 0 Å². The van der Waals surface area contributed by atoms with Crippen LogP contribution in [0.1, 0.15) is 59.3 Å². The van der Waals surface area contributed by atoms with E-state index in [1.165, 1.54) is 50.6 Å². The Hall–Kier alpha value is 0.217. The summed E-state index contributed by atoms with van der Waals surface area (Å²) < 4.78 is 0. The van der Waals surface area contributed by atoms with Crippen LogP contribution >= 0.6 is 0 Å². The van der Waals surface area contributed by atoms with Gasteiger partial charge in [-0.05, 0) is 6.04 Å². The minimum Gasteiger partial charge on any atom is -0.0690 e. The topological polar surface area (TPSA) is 0 Å². The summed E-state index contributed by atoms with van der Waals surface area (Å²) in [5.74, 6) is 0. The molecule has 0 N–H and O–H groups in total. The fourth-order valence-electron chi connectivity index (χ4n) is 1.74. The molecule has 0 aromatic carbocycles. The van der Waals surface area contributed by atoms with Gasteiger partial charge in [-0.2, -0.15) is 0 Å². The van der Waals surface area contributed by atoms with Crippen LogP contribution in [0.15, 0.2) is 0 Å². The van der Waals surface area contributed by atoms with E-state index >= 15 is 0 Å². The van der Waals surface area contributed by atoms with Gasteiger partial charge in [-0.1, -0.05) is 77.9 Å². The van der Waals surface area contributed by atoms with Crippen molar-refractivity contribution in [1.29, 1.82) is 0 Å². The maximum Gasteiger partial charge on any atom is 0.0530 e. The van der Waals surface area contributed by atoms with Crippen LogP contribution in [0, 0.1) is 6.04 Å². The van der Waals surface area contributed by atoms with Crippen LogP contribution < -0.4 is 0 Å². The zero-order valence-corrected chi connectivity index (χ0v) is 11.7. The maximum atomic E-state index is 2.69. The predicted octanol–water partition coefficient (Wildman–Crippen LogP) is 5.21. The largest absolute Gasteiger partial charge is 0.0690 e. The van der Waals surface area contributed by atoms with Crippen molar-refractivity contribution >= 4 is 8.07 Å². The first-order valence-corrected chi connectivity index (χ1v) is 9.52. The minimum absolute atomic E-state index is 0.891. The summed E-state index contributed by atoms with van der Waals surface area (Å²) in [7, 11) is -0.891. The van der Waals surface area contributed by atoms with Gasteiger partial charge in [-0.3, -0.25) is 0 Å². The number of rotatable bonds is 9. The van der Waals surface area contributed by atoms with E-state index in [-0.39, 0.29) is 0 Å². The molecule has 0 atom stereocenters. The lowest BCUT2D eigenvalue weighted by atomic mass is 10.1. The van der Waals surface area contributed by atoms with Gasteiger partial charge in [-0.25, -0.2) is 0 Å². The molecule has 0 rings (SSSR count). The highest BCUT2D eigenvalue weighted by atomic mass is 28.3. The fourth-order valence-corrected chi connectivity index (χ4v) is 3.72. The Kier molecular flexibility index (Phi) is 8.65. The predicted molar refractivity (Wildman–Crippen MR) is 70.3 cm³/mol. The number of hydrogen-bond acceptors (Lipinski definition) is 0. The van der Waals surface area contributed by atoms with Crippen molar-refractivity contribution in [2.75, 3.05) is 0 Å². The van der Waals surface area contributed by atoms with Crippen LogP contribution in [0.25, 0.3) is 0 Å². The van der Waals surface area contributed by atoms with Crippen LogP contribution in [0.5, 0.6) is 0 Å². The van der Waals surface area contributed by atoms with Crippen LogP contribution in [-0.4, -0.2) is 8.07 Å². The molecule has 0 aromatic rings.